The van der Waals surface area contributed by atoms with Crippen molar-refractivity contribution in [3.63, 3.8) is 0 Å². The first-order chi connectivity index (χ1) is 12.4. The minimum absolute atomic E-state index is 0.00449. The Labute approximate surface area is 151 Å². The fourth-order valence-electron chi connectivity index (χ4n) is 2.54. The molecule has 0 radical (unpaired) electrons. The Bertz CT molecular complexity index is 584. The van der Waals surface area contributed by atoms with Gasteiger partial charge in [-0.15, -0.1) is 11.3 Å². The van der Waals surface area contributed by atoms with Crippen molar-refractivity contribution in [3.05, 3.63) is 22.4 Å². The number of carbonyl (C=O) groups is 1. The van der Waals surface area contributed by atoms with E-state index in [1.54, 1.807) is 0 Å². The van der Waals surface area contributed by atoms with E-state index in [9.17, 15) is 18.0 Å². The van der Waals surface area contributed by atoms with Gasteiger partial charge < -0.3 is 9.33 Å². The van der Waals surface area contributed by atoms with Gasteiger partial charge in [-0.05, 0) is 36.0 Å². The van der Waals surface area contributed by atoms with Gasteiger partial charge in [0.05, 0.1) is 6.10 Å². The van der Waals surface area contributed by atoms with E-state index in [0.29, 0.717) is 0 Å². The third kappa shape index (κ3) is 5.60. The highest BCUT2D eigenvalue weighted by Crippen LogP contribution is 2.34. The lowest BCUT2D eigenvalue weighted by molar-refractivity contribution is -0.184. The molecule has 0 saturated carbocycles. The second-order valence-corrected chi connectivity index (χ2v) is 11.3. The van der Waals surface area contributed by atoms with Gasteiger partial charge in [0.1, 0.15) is 0 Å². The van der Waals surface area contributed by atoms with Gasteiger partial charge in [-0.1, -0.05) is 26.8 Å². The summed E-state index contributed by atoms with van der Waals surface area (Å²) in [7, 11) is -2.08. The molecular formula is C16H26F3NO2SSi. The number of amides is 1. The molecule has 1 aromatic rings. The average molecular weight is 385 g/mol. The van der Waals surface area contributed by atoms with Gasteiger partial charge in [0, 0.05) is 22.5 Å². The molecule has 138 valence electrons. The zero-order chi connectivity index (χ0) is 20.9. The summed E-state index contributed by atoms with van der Waals surface area (Å²) in [6.07, 6.45) is -5.76. The number of rotatable bonds is 9. The summed E-state index contributed by atoms with van der Waals surface area (Å²) in [6.45, 7) is 2.38. The summed E-state index contributed by atoms with van der Waals surface area (Å²) in [5, 5.41) is 1.83. The third-order valence-corrected chi connectivity index (χ3v) is 9.90. The zero-order valence-corrected chi connectivity index (χ0v) is 16.0. The van der Waals surface area contributed by atoms with Crippen molar-refractivity contribution in [1.29, 1.82) is 0 Å². The molecule has 8 heteroatoms. The fraction of sp³-hybridized carbons (Fsp3) is 0.688. The van der Waals surface area contributed by atoms with Gasteiger partial charge in [0.15, 0.2) is 8.32 Å². The highest BCUT2D eigenvalue weighted by molar-refractivity contribution is 7.10. The summed E-state index contributed by atoms with van der Waals surface area (Å²) < 4.78 is 66.7. The monoisotopic (exact) mass is 384 g/mol. The molecule has 0 N–H and O–H groups in total. The molecule has 0 aliphatic heterocycles. The quantitative estimate of drug-likeness (QED) is 0.546. The van der Waals surface area contributed by atoms with Crippen molar-refractivity contribution >= 4 is 25.6 Å². The predicted octanol–water partition coefficient (Wildman–Crippen LogP) is 5.22. The first kappa shape index (κ1) is 16.6. The van der Waals surface area contributed by atoms with Gasteiger partial charge in [-0.25, -0.2) is 0 Å². The summed E-state index contributed by atoms with van der Waals surface area (Å²) in [6, 6.07) is 6.19. The second kappa shape index (κ2) is 9.01. The maximum Gasteiger partial charge on any atom is 0.471 e. The van der Waals surface area contributed by atoms with Gasteiger partial charge in [-0.3, -0.25) is 4.79 Å². The maximum absolute atomic E-state index is 12.8. The number of thiophene rings is 1. The van der Waals surface area contributed by atoms with Crippen LogP contribution in [-0.4, -0.2) is 38.8 Å². The Morgan fingerprint density at radius 1 is 1.38 bits per heavy atom. The van der Waals surface area contributed by atoms with Crippen molar-refractivity contribution in [2.24, 2.45) is 0 Å². The highest BCUT2D eigenvalue weighted by Gasteiger charge is 2.41. The lowest BCUT2D eigenvalue weighted by Crippen LogP contribution is -2.41. The van der Waals surface area contributed by atoms with Crippen LogP contribution in [0.1, 0.15) is 42.3 Å². The number of halogens is 3. The molecule has 24 heavy (non-hydrogen) atoms. The Morgan fingerprint density at radius 2 is 2.00 bits per heavy atom. The van der Waals surface area contributed by atoms with E-state index in [-0.39, 0.29) is 11.3 Å². The largest absolute Gasteiger partial charge is 0.471 e. The van der Waals surface area contributed by atoms with Gasteiger partial charge in [-0.2, -0.15) is 13.2 Å². The smallest absolute Gasteiger partial charge is 0.409 e. The SMILES string of the molecule is [2H]C([2H])([2H])N(CCC(O[Si](CC)(CC)CC)c1cccs1)C(=O)C(F)(F)F. The molecule has 0 saturated heterocycles. The molecule has 0 aliphatic carbocycles. The van der Waals surface area contributed by atoms with Crippen LogP contribution in [0, 0.1) is 0 Å². The zero-order valence-electron chi connectivity index (χ0n) is 17.2. The fourth-order valence-corrected chi connectivity index (χ4v) is 6.26. The van der Waals surface area contributed by atoms with E-state index in [4.69, 9.17) is 8.54 Å². The molecule has 0 aliphatic rings. The van der Waals surface area contributed by atoms with Crippen molar-refractivity contribution in [1.82, 2.24) is 4.90 Å². The second-order valence-electron chi connectivity index (χ2n) is 5.61. The van der Waals surface area contributed by atoms with Gasteiger partial charge >= 0.3 is 12.1 Å². The molecule has 0 fully saturated rings. The standard InChI is InChI=1S/C16H26F3NO2SSi/c1-5-24(6-2,7-3)22-13(14-9-8-12-23-14)10-11-20(4)15(21)16(17,18)19/h8-9,12-13H,5-7,10-11H2,1-4H3/i4D3. The first-order valence-electron chi connectivity index (χ1n) is 9.50. The van der Waals surface area contributed by atoms with Crippen LogP contribution in [0.3, 0.4) is 0 Å². The molecule has 0 bridgehead atoms. The average Bonchev–Trinajstić information content (AvgIpc) is 3.10. The molecule has 1 atom stereocenters. The molecule has 1 amide bonds. The third-order valence-electron chi connectivity index (χ3n) is 4.29. The molecule has 0 spiro atoms. The van der Waals surface area contributed by atoms with E-state index in [1.807, 2.05) is 38.3 Å². The van der Waals surface area contributed by atoms with Crippen LogP contribution in [0.25, 0.3) is 0 Å². The van der Waals surface area contributed by atoms with Gasteiger partial charge in [0.25, 0.3) is 0 Å². The highest BCUT2D eigenvalue weighted by atomic mass is 32.1. The minimum atomic E-state index is -5.23. The Kier molecular flexibility index (Phi) is 6.23. The van der Waals surface area contributed by atoms with Crippen molar-refractivity contribution in [3.8, 4) is 0 Å². The van der Waals surface area contributed by atoms with Crippen LogP contribution in [-0.2, 0) is 9.22 Å². The number of hydrogen-bond acceptors (Lipinski definition) is 3. The van der Waals surface area contributed by atoms with Crippen LogP contribution in [0.5, 0.6) is 0 Å². The lowest BCUT2D eigenvalue weighted by Gasteiger charge is -2.33. The van der Waals surface area contributed by atoms with E-state index in [2.05, 4.69) is 0 Å². The molecule has 1 aromatic heterocycles. The number of alkyl halides is 3. The predicted molar refractivity (Wildman–Crippen MR) is 93.7 cm³/mol. The Hall–Kier alpha value is -0.863. The van der Waals surface area contributed by atoms with Crippen molar-refractivity contribution in [2.45, 2.75) is 57.6 Å². The van der Waals surface area contributed by atoms with Crippen LogP contribution in [0.2, 0.25) is 18.1 Å². The number of nitrogens with zero attached hydrogens (tertiary/aromatic N) is 1. The van der Waals surface area contributed by atoms with Crippen LogP contribution in [0.4, 0.5) is 13.2 Å². The van der Waals surface area contributed by atoms with Crippen LogP contribution >= 0.6 is 11.3 Å². The van der Waals surface area contributed by atoms with E-state index >= 15 is 0 Å². The number of hydrogen-bond donors (Lipinski definition) is 0. The summed E-state index contributed by atoms with van der Waals surface area (Å²) in [5.74, 6) is -2.35. The molecule has 0 aromatic carbocycles. The van der Waals surface area contributed by atoms with E-state index in [0.717, 1.165) is 23.0 Å². The summed E-state index contributed by atoms with van der Waals surface area (Å²) in [4.78, 5) is 12.3. The van der Waals surface area contributed by atoms with Crippen LogP contribution in [0.15, 0.2) is 17.5 Å². The van der Waals surface area contributed by atoms with Gasteiger partial charge in [0.2, 0.25) is 0 Å². The maximum atomic E-state index is 12.8. The molecule has 3 nitrogen and oxygen atoms in total. The van der Waals surface area contributed by atoms with E-state index < -0.39 is 40.0 Å². The topological polar surface area (TPSA) is 29.5 Å². The summed E-state index contributed by atoms with van der Waals surface area (Å²) >= 11 is 1.41. The Balaban J connectivity index is 3.06. The lowest BCUT2D eigenvalue weighted by atomic mass is 10.2. The first-order valence-corrected chi connectivity index (χ1v) is 11.4. The van der Waals surface area contributed by atoms with E-state index in [1.165, 1.54) is 11.3 Å². The minimum Gasteiger partial charge on any atom is -0.409 e. The molecule has 1 heterocycles. The molecule has 1 unspecified atom stereocenters. The van der Waals surface area contributed by atoms with Crippen molar-refractivity contribution < 1.29 is 26.5 Å². The molecule has 1 rings (SSSR count). The molecular weight excluding hydrogens is 355 g/mol. The van der Waals surface area contributed by atoms with Crippen LogP contribution < -0.4 is 0 Å². The normalized spacial score (nSPS) is 16.2. The Morgan fingerprint density at radius 3 is 2.42 bits per heavy atom. The summed E-state index contributed by atoms with van der Waals surface area (Å²) in [5.41, 5.74) is 0. The number of carbonyl (C=O) groups excluding carboxylic acids is 1. The van der Waals surface area contributed by atoms with Crippen molar-refractivity contribution in [2.75, 3.05) is 13.5 Å².